The van der Waals surface area contributed by atoms with Crippen LogP contribution in [0.1, 0.15) is 33.6 Å². The van der Waals surface area contributed by atoms with Crippen LogP contribution in [0.4, 0.5) is 0 Å². The summed E-state index contributed by atoms with van der Waals surface area (Å²) in [6.07, 6.45) is 1.81. The SMILES string of the molecule is CCN(CC)CCCC(C)NC(=O)[C@H]1CNCCO1.Cl.Cl. The highest BCUT2D eigenvalue weighted by Crippen LogP contribution is 2.02. The molecule has 1 rings (SSSR count). The molecule has 1 fully saturated rings. The van der Waals surface area contributed by atoms with Crippen molar-refractivity contribution in [2.45, 2.75) is 45.8 Å². The summed E-state index contributed by atoms with van der Waals surface area (Å²) in [5.74, 6) is 0.0162. The van der Waals surface area contributed by atoms with Crippen molar-refractivity contribution in [1.29, 1.82) is 0 Å². The van der Waals surface area contributed by atoms with Gasteiger partial charge in [0.05, 0.1) is 6.61 Å². The van der Waals surface area contributed by atoms with Gasteiger partial charge >= 0.3 is 0 Å². The van der Waals surface area contributed by atoms with Crippen LogP contribution in [0.15, 0.2) is 0 Å². The third-order valence-electron chi connectivity index (χ3n) is 3.61. The molecule has 0 aromatic carbocycles. The standard InChI is InChI=1S/C14H29N3O2.2ClH/c1-4-17(5-2)9-6-7-12(3)16-14(18)13-11-15-8-10-19-13;;/h12-13,15H,4-11H2,1-3H3,(H,16,18);2*1H/t12?,13-;;/m1../s1. The highest BCUT2D eigenvalue weighted by atomic mass is 35.5. The third kappa shape index (κ3) is 9.53. The van der Waals surface area contributed by atoms with Gasteiger partial charge < -0.3 is 20.3 Å². The van der Waals surface area contributed by atoms with Crippen LogP contribution in [0.2, 0.25) is 0 Å². The minimum Gasteiger partial charge on any atom is -0.366 e. The molecule has 0 saturated carbocycles. The molecule has 0 bridgehead atoms. The van der Waals surface area contributed by atoms with Crippen LogP contribution in [0, 0.1) is 0 Å². The molecule has 1 aliphatic rings. The number of nitrogens with one attached hydrogen (secondary N) is 2. The summed E-state index contributed by atoms with van der Waals surface area (Å²) in [7, 11) is 0. The Hall–Kier alpha value is -0.0700. The van der Waals surface area contributed by atoms with Gasteiger partial charge in [-0.3, -0.25) is 4.79 Å². The zero-order valence-corrected chi connectivity index (χ0v) is 15.0. The molecule has 5 nitrogen and oxygen atoms in total. The number of nitrogens with zero attached hydrogens (tertiary/aromatic N) is 1. The van der Waals surface area contributed by atoms with Crippen LogP contribution < -0.4 is 10.6 Å². The molecule has 0 spiro atoms. The summed E-state index contributed by atoms with van der Waals surface area (Å²) >= 11 is 0. The van der Waals surface area contributed by atoms with E-state index >= 15 is 0 Å². The molecule has 1 unspecified atom stereocenters. The molecule has 0 aliphatic carbocycles. The monoisotopic (exact) mass is 343 g/mol. The number of amides is 1. The predicted molar refractivity (Wildman–Crippen MR) is 91.7 cm³/mol. The zero-order valence-electron chi connectivity index (χ0n) is 13.4. The van der Waals surface area contributed by atoms with E-state index in [1.165, 1.54) is 0 Å². The zero-order chi connectivity index (χ0) is 14.1. The molecule has 0 aromatic heterocycles. The Balaban J connectivity index is 0. The van der Waals surface area contributed by atoms with Gasteiger partial charge in [0.25, 0.3) is 5.91 Å². The number of hydrogen-bond donors (Lipinski definition) is 2. The lowest BCUT2D eigenvalue weighted by Gasteiger charge is -2.25. The van der Waals surface area contributed by atoms with Crippen LogP contribution in [-0.2, 0) is 9.53 Å². The van der Waals surface area contributed by atoms with Crippen molar-refractivity contribution in [3.63, 3.8) is 0 Å². The van der Waals surface area contributed by atoms with Gasteiger partial charge in [-0.15, -0.1) is 24.8 Å². The maximum Gasteiger partial charge on any atom is 0.250 e. The number of hydrogen-bond acceptors (Lipinski definition) is 4. The van der Waals surface area contributed by atoms with Crippen molar-refractivity contribution in [3.8, 4) is 0 Å². The summed E-state index contributed by atoms with van der Waals surface area (Å²) in [5, 5.41) is 6.21. The Morgan fingerprint density at radius 3 is 2.57 bits per heavy atom. The Kier molecular flexibility index (Phi) is 15.0. The third-order valence-corrected chi connectivity index (χ3v) is 3.61. The number of ether oxygens (including phenoxy) is 1. The van der Waals surface area contributed by atoms with Gasteiger partial charge in [0.2, 0.25) is 0 Å². The number of halogens is 2. The van der Waals surface area contributed by atoms with Gasteiger partial charge in [-0.25, -0.2) is 0 Å². The maximum absolute atomic E-state index is 11.9. The van der Waals surface area contributed by atoms with Crippen LogP contribution in [0.3, 0.4) is 0 Å². The first-order chi connectivity index (χ1) is 9.17. The van der Waals surface area contributed by atoms with Gasteiger partial charge in [-0.05, 0) is 39.4 Å². The fourth-order valence-electron chi connectivity index (χ4n) is 2.30. The van der Waals surface area contributed by atoms with Crippen molar-refractivity contribution in [2.75, 3.05) is 39.3 Å². The molecule has 2 N–H and O–H groups in total. The van der Waals surface area contributed by atoms with Crippen molar-refractivity contribution in [3.05, 3.63) is 0 Å². The molecule has 128 valence electrons. The molecule has 21 heavy (non-hydrogen) atoms. The number of carbonyl (C=O) groups excluding carboxylic acids is 1. The number of carbonyl (C=O) groups is 1. The van der Waals surface area contributed by atoms with Crippen LogP contribution in [-0.4, -0.2) is 62.3 Å². The molecular weight excluding hydrogens is 313 g/mol. The minimum absolute atomic E-state index is 0. The quantitative estimate of drug-likeness (QED) is 0.700. The predicted octanol–water partition coefficient (Wildman–Crippen LogP) is 1.45. The molecular formula is C14H31Cl2N3O2. The lowest BCUT2D eigenvalue weighted by Crippen LogP contribution is -2.49. The molecule has 1 aliphatic heterocycles. The molecule has 1 saturated heterocycles. The van der Waals surface area contributed by atoms with Gasteiger partial charge in [-0.1, -0.05) is 13.8 Å². The largest absolute Gasteiger partial charge is 0.366 e. The molecule has 0 aromatic rings. The summed E-state index contributed by atoms with van der Waals surface area (Å²) in [6, 6.07) is 0.216. The van der Waals surface area contributed by atoms with Gasteiger partial charge in [0, 0.05) is 19.1 Å². The van der Waals surface area contributed by atoms with E-state index in [0.29, 0.717) is 13.2 Å². The van der Waals surface area contributed by atoms with E-state index in [0.717, 1.165) is 39.0 Å². The van der Waals surface area contributed by atoms with E-state index in [2.05, 4.69) is 36.3 Å². The lowest BCUT2D eigenvalue weighted by atomic mass is 10.1. The lowest BCUT2D eigenvalue weighted by molar-refractivity contribution is -0.134. The van der Waals surface area contributed by atoms with E-state index in [1.807, 2.05) is 0 Å². The highest BCUT2D eigenvalue weighted by Gasteiger charge is 2.22. The first-order valence-electron chi connectivity index (χ1n) is 7.52. The van der Waals surface area contributed by atoms with Crippen molar-refractivity contribution in [2.24, 2.45) is 0 Å². The van der Waals surface area contributed by atoms with Crippen LogP contribution in [0.5, 0.6) is 0 Å². The second-order valence-electron chi connectivity index (χ2n) is 5.14. The van der Waals surface area contributed by atoms with Gasteiger partial charge in [-0.2, -0.15) is 0 Å². The van der Waals surface area contributed by atoms with E-state index in [4.69, 9.17) is 4.74 Å². The summed E-state index contributed by atoms with van der Waals surface area (Å²) < 4.78 is 5.44. The number of morpholine rings is 1. The van der Waals surface area contributed by atoms with Crippen molar-refractivity contribution < 1.29 is 9.53 Å². The second kappa shape index (κ2) is 13.6. The smallest absolute Gasteiger partial charge is 0.250 e. The fraction of sp³-hybridized carbons (Fsp3) is 0.929. The van der Waals surface area contributed by atoms with Crippen LogP contribution in [0.25, 0.3) is 0 Å². The van der Waals surface area contributed by atoms with Gasteiger partial charge in [0.1, 0.15) is 6.10 Å². The van der Waals surface area contributed by atoms with E-state index < -0.39 is 0 Å². The fourth-order valence-corrected chi connectivity index (χ4v) is 2.30. The molecule has 1 heterocycles. The molecule has 7 heteroatoms. The minimum atomic E-state index is -0.320. The van der Waals surface area contributed by atoms with E-state index in [1.54, 1.807) is 0 Å². The van der Waals surface area contributed by atoms with Crippen LogP contribution >= 0.6 is 24.8 Å². The Labute approximate surface area is 141 Å². The van der Waals surface area contributed by atoms with Gasteiger partial charge in [0.15, 0.2) is 0 Å². The van der Waals surface area contributed by atoms with Crippen molar-refractivity contribution in [1.82, 2.24) is 15.5 Å². The summed E-state index contributed by atoms with van der Waals surface area (Å²) in [4.78, 5) is 14.3. The highest BCUT2D eigenvalue weighted by molar-refractivity contribution is 5.85. The first-order valence-corrected chi connectivity index (χ1v) is 7.52. The number of rotatable bonds is 8. The first kappa shape index (κ1) is 23.2. The molecule has 0 radical (unpaired) electrons. The van der Waals surface area contributed by atoms with E-state index in [-0.39, 0.29) is 42.9 Å². The Bertz CT molecular complexity index is 261. The summed E-state index contributed by atoms with van der Waals surface area (Å²) in [5.41, 5.74) is 0. The maximum atomic E-state index is 11.9. The normalized spacial score (nSPS) is 19.3. The van der Waals surface area contributed by atoms with E-state index in [9.17, 15) is 4.79 Å². The Morgan fingerprint density at radius 1 is 1.38 bits per heavy atom. The second-order valence-corrected chi connectivity index (χ2v) is 5.14. The summed E-state index contributed by atoms with van der Waals surface area (Å²) in [6.45, 7) is 11.8. The molecule has 2 atom stereocenters. The van der Waals surface area contributed by atoms with Crippen molar-refractivity contribution >= 4 is 30.7 Å². The average Bonchev–Trinajstić information content (AvgIpc) is 2.44. The Morgan fingerprint density at radius 2 is 2.05 bits per heavy atom. The average molecular weight is 344 g/mol. The topological polar surface area (TPSA) is 53.6 Å². The molecule has 1 amide bonds.